The van der Waals surface area contributed by atoms with E-state index in [2.05, 4.69) is 0 Å². The highest BCUT2D eigenvalue weighted by atomic mass is 19.1. The van der Waals surface area contributed by atoms with Gasteiger partial charge in [0.25, 0.3) is 0 Å². The van der Waals surface area contributed by atoms with Crippen LogP contribution in [-0.4, -0.2) is 5.11 Å². The Morgan fingerprint density at radius 2 is 2.20 bits per heavy atom. The molecule has 0 unspecified atom stereocenters. The monoisotopic (exact) mass is 140 g/mol. The van der Waals surface area contributed by atoms with Crippen LogP contribution in [0.4, 0.5) is 4.39 Å². The Morgan fingerprint density at radius 3 is 2.70 bits per heavy atom. The Balaban J connectivity index is 3.09. The fraction of sp³-hybridized carbons (Fsp3) is 0.143. The van der Waals surface area contributed by atoms with E-state index < -0.39 is 5.82 Å². The summed E-state index contributed by atoms with van der Waals surface area (Å²) < 4.78 is 12.3. The third-order valence-corrected chi connectivity index (χ3v) is 1.23. The second-order valence-electron chi connectivity index (χ2n) is 1.95. The van der Waals surface area contributed by atoms with Crippen LogP contribution in [0.3, 0.4) is 0 Å². The highest BCUT2D eigenvalue weighted by molar-refractivity contribution is 5.31. The Labute approximate surface area is 58.1 Å². The van der Waals surface area contributed by atoms with Crippen molar-refractivity contribution in [3.63, 3.8) is 0 Å². The molecule has 0 aliphatic rings. The molecule has 0 aliphatic carbocycles. The average molecular weight is 140 g/mol. The van der Waals surface area contributed by atoms with Crippen LogP contribution < -0.4 is 5.73 Å². The second-order valence-corrected chi connectivity index (χ2v) is 1.95. The number of phenols is 1. The van der Waals surface area contributed by atoms with Crippen molar-refractivity contribution in [3.8, 4) is 5.75 Å². The van der Waals surface area contributed by atoms with Gasteiger partial charge >= 0.3 is 0 Å². The number of nitrogens with one attached hydrogen (secondary N) is 1. The maximum atomic E-state index is 12.3. The van der Waals surface area contributed by atoms with Gasteiger partial charge in [0.2, 0.25) is 0 Å². The molecular formula is C7H7FNO. The summed E-state index contributed by atoms with van der Waals surface area (Å²) in [6.07, 6.45) is 0. The van der Waals surface area contributed by atoms with E-state index in [9.17, 15) is 4.39 Å². The fourth-order valence-electron chi connectivity index (χ4n) is 0.696. The van der Waals surface area contributed by atoms with E-state index in [0.29, 0.717) is 5.56 Å². The van der Waals surface area contributed by atoms with Gasteiger partial charge in [-0.15, -0.1) is 0 Å². The molecule has 1 aromatic carbocycles. The van der Waals surface area contributed by atoms with E-state index in [0.717, 1.165) is 12.1 Å². The van der Waals surface area contributed by atoms with Crippen molar-refractivity contribution in [1.82, 2.24) is 5.73 Å². The van der Waals surface area contributed by atoms with Crippen LogP contribution in [0.5, 0.6) is 5.75 Å². The van der Waals surface area contributed by atoms with Gasteiger partial charge in [0.15, 0.2) is 0 Å². The van der Waals surface area contributed by atoms with E-state index in [4.69, 9.17) is 10.8 Å². The summed E-state index contributed by atoms with van der Waals surface area (Å²) in [5.74, 6) is -0.434. The van der Waals surface area contributed by atoms with E-state index in [-0.39, 0.29) is 12.3 Å². The van der Waals surface area contributed by atoms with Crippen LogP contribution in [0.2, 0.25) is 0 Å². The maximum Gasteiger partial charge on any atom is 0.123 e. The van der Waals surface area contributed by atoms with Crippen molar-refractivity contribution >= 4 is 0 Å². The first-order valence-electron chi connectivity index (χ1n) is 2.86. The molecule has 10 heavy (non-hydrogen) atoms. The predicted molar refractivity (Wildman–Crippen MR) is 34.9 cm³/mol. The summed E-state index contributed by atoms with van der Waals surface area (Å²) in [7, 11) is 0. The highest BCUT2D eigenvalue weighted by Crippen LogP contribution is 2.16. The number of hydrogen-bond acceptors (Lipinski definition) is 1. The number of rotatable bonds is 1. The van der Waals surface area contributed by atoms with Crippen LogP contribution >= 0.6 is 0 Å². The zero-order valence-electron chi connectivity index (χ0n) is 5.26. The maximum absolute atomic E-state index is 12.3. The van der Waals surface area contributed by atoms with Crippen molar-refractivity contribution in [3.05, 3.63) is 29.6 Å². The van der Waals surface area contributed by atoms with Crippen molar-refractivity contribution in [1.29, 1.82) is 0 Å². The summed E-state index contributed by atoms with van der Waals surface area (Å²) in [5, 5.41) is 8.95. The minimum atomic E-state index is -0.417. The number of aromatic hydroxyl groups is 1. The van der Waals surface area contributed by atoms with E-state index in [1.165, 1.54) is 6.07 Å². The van der Waals surface area contributed by atoms with Crippen LogP contribution in [0, 0.1) is 5.82 Å². The van der Waals surface area contributed by atoms with Crippen LogP contribution in [0.25, 0.3) is 0 Å². The standard InChI is InChI=1S/C7H7FNO/c8-6-1-2-7(10)5(3-6)4-9/h1-3,9-10H,4H2. The van der Waals surface area contributed by atoms with Crippen molar-refractivity contribution in [2.75, 3.05) is 0 Å². The number of hydrogen-bond donors (Lipinski definition) is 1. The van der Waals surface area contributed by atoms with Crippen molar-refractivity contribution in [2.45, 2.75) is 6.54 Å². The minimum Gasteiger partial charge on any atom is -0.508 e. The molecule has 0 bridgehead atoms. The summed E-state index contributed by atoms with van der Waals surface area (Å²) in [4.78, 5) is 0. The molecule has 2 N–H and O–H groups in total. The number of halogens is 1. The number of phenolic OH excluding ortho intramolecular Hbond substituents is 1. The summed E-state index contributed by atoms with van der Waals surface area (Å²) >= 11 is 0. The Hall–Kier alpha value is -1.09. The third-order valence-electron chi connectivity index (χ3n) is 1.23. The average Bonchev–Trinajstić information content (AvgIpc) is 1.94. The van der Waals surface area contributed by atoms with E-state index in [1.807, 2.05) is 0 Å². The smallest absolute Gasteiger partial charge is 0.123 e. The lowest BCUT2D eigenvalue weighted by molar-refractivity contribution is 0.465. The zero-order chi connectivity index (χ0) is 7.56. The molecule has 0 saturated heterocycles. The van der Waals surface area contributed by atoms with Gasteiger partial charge in [-0.1, -0.05) is 0 Å². The predicted octanol–water partition coefficient (Wildman–Crippen LogP) is 1.31. The molecule has 0 atom stereocenters. The van der Waals surface area contributed by atoms with Crippen LogP contribution in [-0.2, 0) is 6.54 Å². The minimum absolute atomic E-state index is 0.0172. The van der Waals surface area contributed by atoms with Gasteiger partial charge in [0.05, 0.1) is 0 Å². The lowest BCUT2D eigenvalue weighted by Gasteiger charge is -1.98. The van der Waals surface area contributed by atoms with Gasteiger partial charge in [-0.05, 0) is 18.2 Å². The summed E-state index contributed by atoms with van der Waals surface area (Å²) in [6, 6.07) is 3.57. The molecule has 1 rings (SSSR count). The highest BCUT2D eigenvalue weighted by Gasteiger charge is 1.98. The van der Waals surface area contributed by atoms with Crippen LogP contribution in [0.1, 0.15) is 5.56 Å². The van der Waals surface area contributed by atoms with Gasteiger partial charge in [0.1, 0.15) is 11.6 Å². The Kier molecular flexibility index (Phi) is 1.87. The van der Waals surface area contributed by atoms with Gasteiger partial charge in [-0.3, -0.25) is 5.73 Å². The molecule has 0 heterocycles. The van der Waals surface area contributed by atoms with Gasteiger partial charge in [-0.2, -0.15) is 0 Å². The first-order valence-corrected chi connectivity index (χ1v) is 2.86. The van der Waals surface area contributed by atoms with Crippen molar-refractivity contribution in [2.24, 2.45) is 0 Å². The molecule has 0 spiro atoms. The lowest BCUT2D eigenvalue weighted by atomic mass is 10.2. The van der Waals surface area contributed by atoms with Gasteiger partial charge in [-0.25, -0.2) is 4.39 Å². The molecule has 1 aromatic rings. The lowest BCUT2D eigenvalue weighted by Crippen LogP contribution is -1.86. The molecular weight excluding hydrogens is 133 g/mol. The van der Waals surface area contributed by atoms with E-state index in [1.54, 1.807) is 0 Å². The molecule has 0 aromatic heterocycles. The Morgan fingerprint density at radius 1 is 1.50 bits per heavy atom. The molecule has 1 radical (unpaired) electrons. The molecule has 0 saturated carbocycles. The molecule has 53 valence electrons. The van der Waals surface area contributed by atoms with Crippen LogP contribution in [0.15, 0.2) is 18.2 Å². The summed E-state index contributed by atoms with van der Waals surface area (Å²) in [5.41, 5.74) is 7.17. The van der Waals surface area contributed by atoms with Gasteiger partial charge in [0, 0.05) is 12.1 Å². The van der Waals surface area contributed by atoms with Gasteiger partial charge < -0.3 is 5.11 Å². The normalized spacial score (nSPS) is 9.80. The first kappa shape index (κ1) is 7.02. The molecule has 0 aliphatic heterocycles. The number of benzene rings is 1. The Bertz CT molecular complexity index is 237. The molecule has 0 fully saturated rings. The van der Waals surface area contributed by atoms with Crippen molar-refractivity contribution < 1.29 is 9.50 Å². The summed E-state index contributed by atoms with van der Waals surface area (Å²) in [6.45, 7) is -0.0937. The largest absolute Gasteiger partial charge is 0.508 e. The second kappa shape index (κ2) is 2.66. The van der Waals surface area contributed by atoms with E-state index >= 15 is 0 Å². The zero-order valence-corrected chi connectivity index (χ0v) is 5.26. The fourth-order valence-corrected chi connectivity index (χ4v) is 0.696. The SMILES string of the molecule is [NH]Cc1cc(F)ccc1O. The quantitative estimate of drug-likeness (QED) is 0.628. The molecule has 3 heteroatoms. The topological polar surface area (TPSA) is 44.0 Å². The molecule has 2 nitrogen and oxygen atoms in total. The molecule has 0 amide bonds. The third kappa shape index (κ3) is 1.25. The first-order chi connectivity index (χ1) is 4.74.